The Bertz CT molecular complexity index is 1440. The topological polar surface area (TPSA) is 74.8 Å². The van der Waals surface area contributed by atoms with Gasteiger partial charge in [0.1, 0.15) is 0 Å². The Morgan fingerprint density at radius 3 is 0.807 bits per heavy atom. The van der Waals surface area contributed by atoms with E-state index in [4.69, 9.17) is 49.8 Å². The second-order valence-corrected chi connectivity index (χ2v) is 15.3. The Kier molecular flexibility index (Phi) is 24.1. The fourth-order valence-electron chi connectivity index (χ4n) is 7.49. The van der Waals surface area contributed by atoms with Crippen LogP contribution in [0.4, 0.5) is 17.8 Å². The maximum Gasteiger partial charge on any atom is 0.229 e. The largest absolute Gasteiger partial charge is 1.00 e. The number of nitrogens with one attached hydrogen (secondary N) is 3. The monoisotopic (exact) mass is 903 g/mol. The van der Waals surface area contributed by atoms with Gasteiger partial charge in [-0.1, -0.05) is 126 Å². The number of benzene rings is 3. The van der Waals surface area contributed by atoms with Crippen LogP contribution in [0.15, 0.2) is 91.0 Å². The predicted octanol–water partition coefficient (Wildman–Crippen LogP) is 0.502. The molecule has 0 aliphatic rings. The number of rotatable bonds is 24. The molecule has 1 heterocycles. The molecule has 3 aromatic carbocycles. The summed E-state index contributed by atoms with van der Waals surface area (Å²) in [6.07, 6.45) is 0. The van der Waals surface area contributed by atoms with Crippen LogP contribution in [0.2, 0.25) is 0 Å². The molecule has 0 fully saturated rings. The number of hydrogen-bond acceptors (Lipinski definition) is 6. The smallest absolute Gasteiger partial charge is 0.229 e. The van der Waals surface area contributed by atoms with E-state index in [1.165, 1.54) is 0 Å². The van der Waals surface area contributed by atoms with Crippen LogP contribution in [-0.2, 0) is 0 Å². The van der Waals surface area contributed by atoms with E-state index < -0.39 is 0 Å². The lowest BCUT2D eigenvalue weighted by Gasteiger charge is -2.41. The van der Waals surface area contributed by atoms with E-state index >= 15 is 0 Å². The molecular formula is C42H63Cl6N9. The average Bonchev–Trinajstić information content (AvgIpc) is 3.23. The zero-order valence-corrected chi connectivity index (χ0v) is 38.9. The van der Waals surface area contributed by atoms with Gasteiger partial charge in [0.2, 0.25) is 17.8 Å². The van der Waals surface area contributed by atoms with Crippen molar-refractivity contribution in [2.24, 2.45) is 0 Å². The molecule has 3 unspecified atom stereocenters. The van der Waals surface area contributed by atoms with E-state index in [1.54, 1.807) is 0 Å². The van der Waals surface area contributed by atoms with Gasteiger partial charge in [0.15, 0.2) is 16.5 Å². The molecular weight excluding hydrogens is 843 g/mol. The number of aromatic nitrogens is 3. The molecule has 0 aliphatic carbocycles. The van der Waals surface area contributed by atoms with E-state index in [9.17, 15) is 0 Å². The molecule has 0 saturated carbocycles. The van der Waals surface area contributed by atoms with Crippen LogP contribution in [0.3, 0.4) is 0 Å². The van der Waals surface area contributed by atoms with Gasteiger partial charge in [-0.05, 0) is 41.5 Å². The number of nitrogens with zero attached hydrogens (tertiary/aromatic N) is 6. The Hall–Kier alpha value is -2.31. The fourth-order valence-corrected chi connectivity index (χ4v) is 9.05. The van der Waals surface area contributed by atoms with Gasteiger partial charge in [0, 0.05) is 16.7 Å². The molecule has 9 nitrogen and oxygen atoms in total. The highest BCUT2D eigenvalue weighted by atomic mass is 35.5. The summed E-state index contributed by atoms with van der Waals surface area (Å²) in [5, 5.41) is 10.6. The number of halogens is 6. The summed E-state index contributed by atoms with van der Waals surface area (Å²) >= 11 is 21.5. The molecule has 0 radical (unpaired) electrons. The summed E-state index contributed by atoms with van der Waals surface area (Å²) in [6, 6.07) is 31.0. The molecule has 15 heteroatoms. The summed E-state index contributed by atoms with van der Waals surface area (Å²) in [7, 11) is 0. The van der Waals surface area contributed by atoms with Gasteiger partial charge in [-0.3, -0.25) is 0 Å². The lowest BCUT2D eigenvalue weighted by atomic mass is 10.1. The van der Waals surface area contributed by atoms with Crippen molar-refractivity contribution in [3.05, 3.63) is 108 Å². The first kappa shape index (κ1) is 52.7. The van der Waals surface area contributed by atoms with E-state index in [0.29, 0.717) is 37.5 Å². The maximum atomic E-state index is 7.18. The van der Waals surface area contributed by atoms with Gasteiger partial charge in [0.05, 0.1) is 78.5 Å². The molecule has 3 atom stereocenters. The summed E-state index contributed by atoms with van der Waals surface area (Å²) in [5.41, 5.74) is 2.89. The molecule has 0 saturated heterocycles. The van der Waals surface area contributed by atoms with Gasteiger partial charge in [-0.2, -0.15) is 15.0 Å². The van der Waals surface area contributed by atoms with Crippen molar-refractivity contribution in [3.63, 3.8) is 0 Å². The maximum absolute atomic E-state index is 7.18. The van der Waals surface area contributed by atoms with Gasteiger partial charge >= 0.3 is 0 Å². The van der Waals surface area contributed by atoms with Gasteiger partial charge in [-0.15, -0.1) is 0 Å². The molecule has 0 amide bonds. The van der Waals surface area contributed by atoms with Crippen LogP contribution in [0.25, 0.3) is 0 Å². The van der Waals surface area contributed by atoms with Gasteiger partial charge < -0.3 is 66.6 Å². The Morgan fingerprint density at radius 1 is 0.404 bits per heavy atom. The van der Waals surface area contributed by atoms with Crippen molar-refractivity contribution in [1.82, 2.24) is 15.0 Å². The summed E-state index contributed by atoms with van der Waals surface area (Å²) in [5.74, 6) is 1.55. The highest BCUT2D eigenvalue weighted by molar-refractivity contribution is 6.20. The Balaban J connectivity index is 0.00000541. The van der Waals surface area contributed by atoms with Crippen molar-refractivity contribution in [1.29, 1.82) is 0 Å². The number of hydrogen-bond donors (Lipinski definition) is 3. The first-order chi connectivity index (χ1) is 26.1. The zero-order valence-electron chi connectivity index (χ0n) is 34.3. The minimum atomic E-state index is -0.162. The fraction of sp³-hybridized carbons (Fsp3) is 0.500. The molecule has 4 aromatic rings. The van der Waals surface area contributed by atoms with Crippen molar-refractivity contribution in [2.45, 2.75) is 58.0 Å². The summed E-state index contributed by atoms with van der Waals surface area (Å²) < 4.78 is 2.18. The zero-order chi connectivity index (χ0) is 39.0. The van der Waals surface area contributed by atoms with E-state index in [-0.39, 0.29) is 53.7 Å². The quantitative estimate of drug-likeness (QED) is 0.0542. The lowest BCUT2D eigenvalue weighted by molar-refractivity contribution is -0.940. The highest BCUT2D eigenvalue weighted by Crippen LogP contribution is 2.34. The molecule has 4 rings (SSSR count). The lowest BCUT2D eigenvalue weighted by Crippen LogP contribution is -3.00. The number of alkyl halides is 3. The normalized spacial score (nSPS) is 13.2. The highest BCUT2D eigenvalue weighted by Gasteiger charge is 2.36. The second-order valence-electron chi connectivity index (χ2n) is 14.0. The van der Waals surface area contributed by atoms with Crippen molar-refractivity contribution >= 4 is 52.6 Å². The minimum Gasteiger partial charge on any atom is -1.00 e. The van der Waals surface area contributed by atoms with E-state index in [1.807, 2.05) is 18.2 Å². The van der Waals surface area contributed by atoms with Crippen LogP contribution in [-0.4, -0.2) is 107 Å². The molecule has 0 aliphatic heterocycles. The van der Waals surface area contributed by atoms with Gasteiger partial charge in [0.25, 0.3) is 0 Å². The molecule has 0 bridgehead atoms. The van der Waals surface area contributed by atoms with Crippen molar-refractivity contribution < 1.29 is 50.7 Å². The van der Waals surface area contributed by atoms with Crippen molar-refractivity contribution in [2.75, 3.05) is 94.5 Å². The molecule has 57 heavy (non-hydrogen) atoms. The first-order valence-corrected chi connectivity index (χ1v) is 21.1. The Labute approximate surface area is 376 Å². The molecule has 318 valence electrons. The van der Waals surface area contributed by atoms with E-state index in [2.05, 4.69) is 130 Å². The molecule has 1 aromatic heterocycles. The number of quaternary nitrogens is 3. The van der Waals surface area contributed by atoms with Crippen molar-refractivity contribution in [3.8, 4) is 0 Å². The van der Waals surface area contributed by atoms with E-state index in [0.717, 1.165) is 89.0 Å². The summed E-state index contributed by atoms with van der Waals surface area (Å²) in [6.45, 7) is 23.0. The second kappa shape index (κ2) is 26.0. The van der Waals surface area contributed by atoms with Crippen LogP contribution in [0, 0.1) is 0 Å². The number of likely N-dealkylation sites (N-methyl/N-ethyl adjacent to an activating group) is 3. The Morgan fingerprint density at radius 2 is 0.614 bits per heavy atom. The molecule has 0 spiro atoms. The first-order valence-electron chi connectivity index (χ1n) is 19.8. The third-order valence-electron chi connectivity index (χ3n) is 11.6. The van der Waals surface area contributed by atoms with Gasteiger partial charge in [-0.25, -0.2) is 0 Å². The number of anilines is 3. The third kappa shape index (κ3) is 13.6. The van der Waals surface area contributed by atoms with Crippen LogP contribution in [0.1, 0.15) is 74.7 Å². The van der Waals surface area contributed by atoms with Crippen LogP contribution < -0.4 is 53.2 Å². The SMILES string of the molecule is CC[N+](CC)(CCNc1nc(NCC[N+](CC)(CC)C(Cl)c2ccccc2)nc(NCC[N+](CC)(CC)C(Cl)c2ccccc2)n1)C(Cl)c1ccccc1.[Cl-].[Cl-].[Cl-]. The minimum absolute atomic E-state index is 0. The summed E-state index contributed by atoms with van der Waals surface area (Å²) in [4.78, 5) is 14.5. The average molecular weight is 907 g/mol. The molecule has 3 N–H and O–H groups in total. The van der Waals surface area contributed by atoms with Crippen LogP contribution >= 0.6 is 34.8 Å². The third-order valence-corrected chi connectivity index (χ3v) is 13.6. The van der Waals surface area contributed by atoms with Crippen LogP contribution in [0.5, 0.6) is 0 Å². The predicted molar refractivity (Wildman–Crippen MR) is 229 cm³/mol. The standard InChI is InChI=1S/C42H63Cl3N9.3ClH/c1-7-52(8-2,37(43)34-22-16-13-17-23-34)31-28-46-40-49-41(47-29-32-53(9-3,10-4)38(44)35-24-18-14-19-25-35)51-42(50-40)48-30-33-54(11-5,12-6)39(45)36-26-20-15-21-27-36;;;/h13-27,37-39H,7-12,28-33H2,1-6H3,(H3,46,47,48,49,50,51);3*1H/q+3;;;/p-3.